The van der Waals surface area contributed by atoms with Gasteiger partial charge in [0.2, 0.25) is 15.9 Å². The zero-order valence-corrected chi connectivity index (χ0v) is 16.8. The number of carbonyl (C=O) groups is 1. The highest BCUT2D eigenvalue weighted by molar-refractivity contribution is 7.89. The lowest BCUT2D eigenvalue weighted by Gasteiger charge is -2.13. The van der Waals surface area contributed by atoms with E-state index in [1.807, 2.05) is 0 Å². The number of carbonyl (C=O) groups excluding carboxylic acids is 1. The van der Waals surface area contributed by atoms with Gasteiger partial charge in [-0.2, -0.15) is 0 Å². The van der Waals surface area contributed by atoms with Gasteiger partial charge in [0.05, 0.1) is 17.6 Å². The Labute approximate surface area is 165 Å². The number of nitrogens with one attached hydrogen (secondary N) is 1. The van der Waals surface area contributed by atoms with Crippen molar-refractivity contribution >= 4 is 16.0 Å². The summed E-state index contributed by atoms with van der Waals surface area (Å²) in [6, 6.07) is 7.85. The molecule has 28 heavy (non-hydrogen) atoms. The Bertz CT molecular complexity index is 953. The van der Waals surface area contributed by atoms with Gasteiger partial charge in [-0.15, -0.1) is 0 Å². The molecule has 2 aromatic rings. The van der Waals surface area contributed by atoms with E-state index in [0.717, 1.165) is 31.2 Å². The third kappa shape index (κ3) is 4.88. The van der Waals surface area contributed by atoms with Crippen molar-refractivity contribution in [2.75, 3.05) is 7.11 Å². The van der Waals surface area contributed by atoms with Gasteiger partial charge in [0.15, 0.2) is 0 Å². The van der Waals surface area contributed by atoms with Crippen LogP contribution < -0.4 is 9.46 Å². The number of pyridine rings is 1. The van der Waals surface area contributed by atoms with E-state index in [0.29, 0.717) is 17.0 Å². The Hall–Kier alpha value is -2.45. The van der Waals surface area contributed by atoms with Gasteiger partial charge in [-0.1, -0.05) is 0 Å². The lowest BCUT2D eigenvalue weighted by atomic mass is 10.1. The van der Waals surface area contributed by atoms with Crippen LogP contribution in [-0.2, 0) is 21.3 Å². The molecule has 1 aromatic carbocycles. The lowest BCUT2D eigenvalue weighted by Crippen LogP contribution is -2.24. The molecule has 0 amide bonds. The zero-order chi connectivity index (χ0) is 20.1. The van der Waals surface area contributed by atoms with Crippen molar-refractivity contribution in [2.45, 2.75) is 50.2 Å². The summed E-state index contributed by atoms with van der Waals surface area (Å²) in [5, 5.41) is 0. The number of aryl methyl sites for hydroxylation is 1. The fourth-order valence-corrected chi connectivity index (χ4v) is 4.50. The molecule has 1 N–H and O–H groups in total. The molecule has 1 aliphatic carbocycles. The normalized spacial score (nSPS) is 14.8. The summed E-state index contributed by atoms with van der Waals surface area (Å²) < 4.78 is 38.4. The van der Waals surface area contributed by atoms with Crippen LogP contribution in [0.25, 0.3) is 0 Å². The van der Waals surface area contributed by atoms with E-state index in [-0.39, 0.29) is 17.5 Å². The minimum atomic E-state index is -3.74. The second kappa shape index (κ2) is 8.70. The molecular weight excluding hydrogens is 380 g/mol. The van der Waals surface area contributed by atoms with Crippen molar-refractivity contribution in [2.24, 2.45) is 0 Å². The second-order valence-electron chi connectivity index (χ2n) is 6.82. The SMILES string of the molecule is COC(=O)c1ccc(S(=O)(=O)NCc2ccnc(OC3CCCC3)c2)c(C)c1. The second-order valence-corrected chi connectivity index (χ2v) is 8.56. The van der Waals surface area contributed by atoms with Gasteiger partial charge >= 0.3 is 5.97 Å². The molecule has 0 saturated heterocycles. The Morgan fingerprint density at radius 1 is 1.21 bits per heavy atom. The standard InChI is InChI=1S/C20H24N2O5S/c1-14-11-16(20(23)26-2)7-8-18(14)28(24,25)22-13-15-9-10-21-19(12-15)27-17-5-3-4-6-17/h7-12,17,22H,3-6,13H2,1-2H3. The van der Waals surface area contributed by atoms with Crippen molar-refractivity contribution in [3.8, 4) is 5.88 Å². The lowest BCUT2D eigenvalue weighted by molar-refractivity contribution is 0.0600. The number of esters is 1. The van der Waals surface area contributed by atoms with E-state index < -0.39 is 16.0 Å². The molecule has 0 aliphatic heterocycles. The number of rotatable bonds is 7. The molecule has 1 aliphatic rings. The predicted molar refractivity (Wildman–Crippen MR) is 104 cm³/mol. The molecule has 1 heterocycles. The fraction of sp³-hybridized carbons (Fsp3) is 0.400. The van der Waals surface area contributed by atoms with Crippen molar-refractivity contribution in [1.82, 2.24) is 9.71 Å². The zero-order valence-electron chi connectivity index (χ0n) is 16.0. The van der Waals surface area contributed by atoms with Gasteiger partial charge in [0, 0.05) is 18.8 Å². The van der Waals surface area contributed by atoms with E-state index in [2.05, 4.69) is 14.4 Å². The number of sulfonamides is 1. The molecule has 0 unspecified atom stereocenters. The van der Waals surface area contributed by atoms with E-state index in [9.17, 15) is 13.2 Å². The van der Waals surface area contributed by atoms with Crippen LogP contribution in [-0.4, -0.2) is 32.6 Å². The number of hydrogen-bond acceptors (Lipinski definition) is 6. The molecule has 150 valence electrons. The van der Waals surface area contributed by atoms with Gasteiger partial charge < -0.3 is 9.47 Å². The summed E-state index contributed by atoms with van der Waals surface area (Å²) in [6.45, 7) is 1.76. The van der Waals surface area contributed by atoms with E-state index in [4.69, 9.17) is 4.74 Å². The Morgan fingerprint density at radius 2 is 1.96 bits per heavy atom. The molecule has 1 saturated carbocycles. The third-order valence-corrected chi connectivity index (χ3v) is 6.30. The summed E-state index contributed by atoms with van der Waals surface area (Å²) in [4.78, 5) is 15.9. The number of hydrogen-bond donors (Lipinski definition) is 1. The number of nitrogens with zero attached hydrogens (tertiary/aromatic N) is 1. The van der Waals surface area contributed by atoms with Gasteiger partial charge in [-0.05, 0) is 68.0 Å². The first-order valence-electron chi connectivity index (χ1n) is 9.19. The molecule has 0 bridgehead atoms. The van der Waals surface area contributed by atoms with Crippen LogP contribution in [0.2, 0.25) is 0 Å². The van der Waals surface area contributed by atoms with Crippen LogP contribution in [0.4, 0.5) is 0 Å². The fourth-order valence-electron chi connectivity index (χ4n) is 3.25. The van der Waals surface area contributed by atoms with Crippen LogP contribution in [0, 0.1) is 6.92 Å². The van der Waals surface area contributed by atoms with E-state index in [1.54, 1.807) is 25.3 Å². The van der Waals surface area contributed by atoms with Crippen molar-refractivity contribution < 1.29 is 22.7 Å². The Kier molecular flexibility index (Phi) is 6.31. The maximum Gasteiger partial charge on any atom is 0.337 e. The minimum Gasteiger partial charge on any atom is -0.474 e. The van der Waals surface area contributed by atoms with Crippen LogP contribution in [0.5, 0.6) is 5.88 Å². The predicted octanol–water partition coefficient (Wildman–Crippen LogP) is 2.98. The smallest absolute Gasteiger partial charge is 0.337 e. The van der Waals surface area contributed by atoms with E-state index in [1.165, 1.54) is 25.3 Å². The monoisotopic (exact) mass is 404 g/mol. The maximum atomic E-state index is 12.7. The number of ether oxygens (including phenoxy) is 2. The van der Waals surface area contributed by atoms with Crippen LogP contribution in [0.1, 0.15) is 47.2 Å². The molecule has 3 rings (SSSR count). The van der Waals surface area contributed by atoms with Crippen LogP contribution in [0.15, 0.2) is 41.4 Å². The quantitative estimate of drug-likeness (QED) is 0.713. The third-order valence-electron chi connectivity index (χ3n) is 4.74. The summed E-state index contributed by atoms with van der Waals surface area (Å²) >= 11 is 0. The summed E-state index contributed by atoms with van der Waals surface area (Å²) in [7, 11) is -2.46. The number of methoxy groups -OCH3 is 1. The molecule has 7 nitrogen and oxygen atoms in total. The van der Waals surface area contributed by atoms with Gasteiger partial charge in [-0.25, -0.2) is 22.9 Å². The Balaban J connectivity index is 1.69. The van der Waals surface area contributed by atoms with Crippen molar-refractivity contribution in [3.63, 3.8) is 0 Å². The van der Waals surface area contributed by atoms with Crippen LogP contribution >= 0.6 is 0 Å². The Morgan fingerprint density at radius 3 is 2.64 bits per heavy atom. The molecule has 0 atom stereocenters. The van der Waals surface area contributed by atoms with Crippen molar-refractivity contribution in [1.29, 1.82) is 0 Å². The first-order valence-corrected chi connectivity index (χ1v) is 10.7. The van der Waals surface area contributed by atoms with Crippen molar-refractivity contribution in [3.05, 3.63) is 53.2 Å². The first-order chi connectivity index (χ1) is 13.4. The van der Waals surface area contributed by atoms with E-state index >= 15 is 0 Å². The largest absolute Gasteiger partial charge is 0.474 e. The number of aromatic nitrogens is 1. The molecule has 1 aromatic heterocycles. The highest BCUT2D eigenvalue weighted by atomic mass is 32.2. The molecule has 8 heteroatoms. The first kappa shape index (κ1) is 20.3. The minimum absolute atomic E-state index is 0.115. The summed E-state index contributed by atoms with van der Waals surface area (Å²) in [5.41, 5.74) is 1.53. The van der Waals surface area contributed by atoms with Gasteiger partial charge in [-0.3, -0.25) is 0 Å². The van der Waals surface area contributed by atoms with Gasteiger partial charge in [0.25, 0.3) is 0 Å². The summed E-state index contributed by atoms with van der Waals surface area (Å²) in [6.07, 6.45) is 6.19. The molecule has 1 fully saturated rings. The highest BCUT2D eigenvalue weighted by Crippen LogP contribution is 2.23. The summed E-state index contributed by atoms with van der Waals surface area (Å²) in [5.74, 6) is 0.00814. The molecule has 0 radical (unpaired) electrons. The van der Waals surface area contributed by atoms with Gasteiger partial charge in [0.1, 0.15) is 6.10 Å². The van der Waals surface area contributed by atoms with Crippen LogP contribution in [0.3, 0.4) is 0 Å². The molecule has 0 spiro atoms. The topological polar surface area (TPSA) is 94.6 Å². The highest BCUT2D eigenvalue weighted by Gasteiger charge is 2.19. The average molecular weight is 404 g/mol. The maximum absolute atomic E-state index is 12.7. The average Bonchev–Trinajstić information content (AvgIpc) is 3.19. The molecular formula is C20H24N2O5S. The number of benzene rings is 1.